The third-order valence-electron chi connectivity index (χ3n) is 4.75. The molecule has 0 atom stereocenters. The summed E-state index contributed by atoms with van der Waals surface area (Å²) in [6, 6.07) is 16.4. The fourth-order valence-electron chi connectivity index (χ4n) is 3.01. The SMILES string of the molecule is CCCCCCCOc1cccc(NCCNc2ccc(OCCCC)cc2)c1. The first-order valence-electron chi connectivity index (χ1n) is 11.2. The molecule has 160 valence electrons. The van der Waals surface area contributed by atoms with Crippen LogP contribution in [0.4, 0.5) is 11.4 Å². The van der Waals surface area contributed by atoms with Crippen molar-refractivity contribution in [3.8, 4) is 11.5 Å². The van der Waals surface area contributed by atoms with E-state index in [4.69, 9.17) is 9.47 Å². The molecule has 0 aliphatic carbocycles. The Bertz CT molecular complexity index is 658. The second-order valence-electron chi connectivity index (χ2n) is 7.37. The van der Waals surface area contributed by atoms with Crippen LogP contribution in [0.5, 0.6) is 11.5 Å². The maximum Gasteiger partial charge on any atom is 0.121 e. The van der Waals surface area contributed by atoms with Gasteiger partial charge in [0, 0.05) is 30.5 Å². The molecule has 4 nitrogen and oxygen atoms in total. The van der Waals surface area contributed by atoms with Crippen molar-refractivity contribution in [2.24, 2.45) is 0 Å². The average molecular weight is 399 g/mol. The van der Waals surface area contributed by atoms with Gasteiger partial charge in [0.05, 0.1) is 13.2 Å². The largest absolute Gasteiger partial charge is 0.494 e. The Labute approximate surface area is 177 Å². The average Bonchev–Trinajstić information content (AvgIpc) is 2.75. The molecule has 29 heavy (non-hydrogen) atoms. The smallest absolute Gasteiger partial charge is 0.121 e. The van der Waals surface area contributed by atoms with Gasteiger partial charge in [-0.25, -0.2) is 0 Å². The summed E-state index contributed by atoms with van der Waals surface area (Å²) in [4.78, 5) is 0. The number of nitrogens with one attached hydrogen (secondary N) is 2. The van der Waals surface area contributed by atoms with Crippen LogP contribution < -0.4 is 20.1 Å². The molecule has 0 aliphatic heterocycles. The molecule has 0 spiro atoms. The van der Waals surface area contributed by atoms with E-state index in [1.807, 2.05) is 24.3 Å². The topological polar surface area (TPSA) is 42.5 Å². The highest BCUT2D eigenvalue weighted by atomic mass is 16.5. The van der Waals surface area contributed by atoms with Crippen LogP contribution in [0, 0.1) is 0 Å². The van der Waals surface area contributed by atoms with Crippen molar-refractivity contribution in [3.05, 3.63) is 48.5 Å². The third-order valence-corrected chi connectivity index (χ3v) is 4.75. The molecule has 4 heteroatoms. The second kappa shape index (κ2) is 14.6. The number of hydrogen-bond donors (Lipinski definition) is 2. The number of unbranched alkanes of at least 4 members (excludes halogenated alkanes) is 5. The Kier molecular flexibility index (Phi) is 11.6. The summed E-state index contributed by atoms with van der Waals surface area (Å²) in [7, 11) is 0. The third kappa shape index (κ3) is 10.1. The van der Waals surface area contributed by atoms with Crippen molar-refractivity contribution >= 4 is 11.4 Å². The highest BCUT2D eigenvalue weighted by Crippen LogP contribution is 2.18. The van der Waals surface area contributed by atoms with Crippen molar-refractivity contribution in [1.82, 2.24) is 0 Å². The van der Waals surface area contributed by atoms with E-state index in [0.29, 0.717) is 0 Å². The lowest BCUT2D eigenvalue weighted by atomic mass is 10.2. The van der Waals surface area contributed by atoms with E-state index in [-0.39, 0.29) is 0 Å². The van der Waals surface area contributed by atoms with Gasteiger partial charge in [-0.1, -0.05) is 52.0 Å². The predicted molar refractivity (Wildman–Crippen MR) is 125 cm³/mol. The van der Waals surface area contributed by atoms with Gasteiger partial charge >= 0.3 is 0 Å². The van der Waals surface area contributed by atoms with Gasteiger partial charge in [0.15, 0.2) is 0 Å². The molecule has 2 aromatic rings. The summed E-state index contributed by atoms with van der Waals surface area (Å²) in [6.07, 6.45) is 8.54. The lowest BCUT2D eigenvalue weighted by Crippen LogP contribution is -2.13. The number of rotatable bonds is 16. The molecule has 2 rings (SSSR count). The molecular formula is C25H38N2O2. The minimum absolute atomic E-state index is 0.787. The molecular weight excluding hydrogens is 360 g/mol. The Balaban J connectivity index is 1.62. The maximum atomic E-state index is 5.88. The van der Waals surface area contributed by atoms with E-state index >= 15 is 0 Å². The van der Waals surface area contributed by atoms with Crippen LogP contribution in [-0.4, -0.2) is 26.3 Å². The Morgan fingerprint density at radius 1 is 0.621 bits per heavy atom. The standard InChI is InChI=1S/C25H38N2O2/c1-3-5-7-8-9-20-29-25-12-10-11-23(21-25)27-18-17-26-22-13-15-24(16-14-22)28-19-6-4-2/h10-16,21,26-27H,3-9,17-20H2,1-2H3. The maximum absolute atomic E-state index is 5.88. The summed E-state index contributed by atoms with van der Waals surface area (Å²) < 4.78 is 11.6. The summed E-state index contributed by atoms with van der Waals surface area (Å²) in [5, 5.41) is 6.89. The Morgan fingerprint density at radius 3 is 2.03 bits per heavy atom. The Morgan fingerprint density at radius 2 is 1.28 bits per heavy atom. The van der Waals surface area contributed by atoms with E-state index in [1.54, 1.807) is 0 Å². The van der Waals surface area contributed by atoms with Crippen LogP contribution in [0.25, 0.3) is 0 Å². The summed E-state index contributed by atoms with van der Waals surface area (Å²) in [6.45, 7) is 7.68. The van der Waals surface area contributed by atoms with E-state index in [1.165, 1.54) is 25.7 Å². The molecule has 0 saturated carbocycles. The number of benzene rings is 2. The van der Waals surface area contributed by atoms with Crippen LogP contribution in [-0.2, 0) is 0 Å². The lowest BCUT2D eigenvalue weighted by Gasteiger charge is -2.11. The molecule has 0 heterocycles. The fraction of sp³-hybridized carbons (Fsp3) is 0.520. The fourth-order valence-corrected chi connectivity index (χ4v) is 3.01. The normalized spacial score (nSPS) is 10.6. The van der Waals surface area contributed by atoms with E-state index < -0.39 is 0 Å². The molecule has 0 aromatic heterocycles. The Hall–Kier alpha value is -2.36. The van der Waals surface area contributed by atoms with Gasteiger partial charge in [0.1, 0.15) is 11.5 Å². The van der Waals surface area contributed by atoms with E-state index in [2.05, 4.69) is 48.7 Å². The number of anilines is 2. The van der Waals surface area contributed by atoms with Gasteiger partial charge in [-0.2, -0.15) is 0 Å². The molecule has 2 aromatic carbocycles. The van der Waals surface area contributed by atoms with E-state index in [9.17, 15) is 0 Å². The van der Waals surface area contributed by atoms with Gasteiger partial charge in [0.2, 0.25) is 0 Å². The quantitative estimate of drug-likeness (QED) is 0.307. The molecule has 0 fully saturated rings. The van der Waals surface area contributed by atoms with Gasteiger partial charge < -0.3 is 20.1 Å². The van der Waals surface area contributed by atoms with Crippen molar-refractivity contribution < 1.29 is 9.47 Å². The molecule has 0 bridgehead atoms. The molecule has 0 unspecified atom stereocenters. The van der Waals surface area contributed by atoms with Gasteiger partial charge in [-0.3, -0.25) is 0 Å². The molecule has 0 saturated heterocycles. The van der Waals surface area contributed by atoms with Crippen LogP contribution in [0.3, 0.4) is 0 Å². The summed E-state index contributed by atoms with van der Waals surface area (Å²) in [5.41, 5.74) is 2.20. The minimum Gasteiger partial charge on any atom is -0.494 e. The molecule has 0 amide bonds. The number of hydrogen-bond acceptors (Lipinski definition) is 4. The highest BCUT2D eigenvalue weighted by molar-refractivity contribution is 5.49. The summed E-state index contributed by atoms with van der Waals surface area (Å²) >= 11 is 0. The first-order chi connectivity index (χ1) is 14.3. The lowest BCUT2D eigenvalue weighted by molar-refractivity contribution is 0.304. The second-order valence-corrected chi connectivity index (χ2v) is 7.37. The molecule has 0 aliphatic rings. The van der Waals surface area contributed by atoms with Crippen LogP contribution in [0.2, 0.25) is 0 Å². The van der Waals surface area contributed by atoms with E-state index in [0.717, 1.165) is 68.4 Å². The highest BCUT2D eigenvalue weighted by Gasteiger charge is 1.99. The summed E-state index contributed by atoms with van der Waals surface area (Å²) in [5.74, 6) is 1.88. The first-order valence-corrected chi connectivity index (χ1v) is 11.2. The zero-order valence-corrected chi connectivity index (χ0v) is 18.2. The zero-order chi connectivity index (χ0) is 20.6. The zero-order valence-electron chi connectivity index (χ0n) is 18.2. The first kappa shape index (κ1) is 22.9. The molecule has 2 N–H and O–H groups in total. The van der Waals surface area contributed by atoms with Crippen molar-refractivity contribution in [3.63, 3.8) is 0 Å². The van der Waals surface area contributed by atoms with Gasteiger partial charge in [-0.15, -0.1) is 0 Å². The minimum atomic E-state index is 0.787. The van der Waals surface area contributed by atoms with Crippen LogP contribution in [0.1, 0.15) is 58.8 Å². The van der Waals surface area contributed by atoms with Crippen molar-refractivity contribution in [2.75, 3.05) is 36.9 Å². The van der Waals surface area contributed by atoms with Crippen molar-refractivity contribution in [2.45, 2.75) is 58.8 Å². The van der Waals surface area contributed by atoms with Crippen LogP contribution in [0.15, 0.2) is 48.5 Å². The predicted octanol–water partition coefficient (Wildman–Crippen LogP) is 6.74. The monoisotopic (exact) mass is 398 g/mol. The number of ether oxygens (including phenoxy) is 2. The van der Waals surface area contributed by atoms with Crippen LogP contribution >= 0.6 is 0 Å². The van der Waals surface area contributed by atoms with Gasteiger partial charge in [0.25, 0.3) is 0 Å². The van der Waals surface area contributed by atoms with Gasteiger partial charge in [-0.05, 0) is 49.2 Å². The molecule has 0 radical (unpaired) electrons. The van der Waals surface area contributed by atoms with Crippen molar-refractivity contribution in [1.29, 1.82) is 0 Å².